The zero-order valence-corrected chi connectivity index (χ0v) is 14.6. The Morgan fingerprint density at radius 1 is 0.885 bits per heavy atom. The van der Waals surface area contributed by atoms with E-state index in [4.69, 9.17) is 15.2 Å². The number of carbonyl (C=O) groups is 1. The van der Waals surface area contributed by atoms with Crippen LogP contribution >= 0.6 is 0 Å². The molecule has 4 nitrogen and oxygen atoms in total. The first-order valence-corrected chi connectivity index (χ1v) is 8.44. The van der Waals surface area contributed by atoms with Crippen LogP contribution in [0, 0.1) is 0 Å². The zero-order valence-electron chi connectivity index (χ0n) is 14.6. The summed E-state index contributed by atoms with van der Waals surface area (Å²) in [7, 11) is 1.38. The van der Waals surface area contributed by atoms with Crippen molar-refractivity contribution >= 4 is 11.7 Å². The average Bonchev–Trinajstić information content (AvgIpc) is 2.69. The summed E-state index contributed by atoms with van der Waals surface area (Å²) >= 11 is 0. The van der Waals surface area contributed by atoms with Crippen LogP contribution in [0.25, 0.3) is 0 Å². The highest BCUT2D eigenvalue weighted by Crippen LogP contribution is 2.26. The molecule has 4 heteroatoms. The number of para-hydroxylation sites is 1. The van der Waals surface area contributed by atoms with Gasteiger partial charge in [0, 0.05) is 5.69 Å². The Balaban J connectivity index is 1.72. The maximum atomic E-state index is 11.7. The van der Waals surface area contributed by atoms with Crippen molar-refractivity contribution in [1.82, 2.24) is 0 Å². The van der Waals surface area contributed by atoms with Crippen molar-refractivity contribution in [2.24, 2.45) is 0 Å². The van der Waals surface area contributed by atoms with Gasteiger partial charge in [0.2, 0.25) is 0 Å². The number of nitrogen functional groups attached to an aromatic ring is 1. The highest BCUT2D eigenvalue weighted by atomic mass is 16.5. The van der Waals surface area contributed by atoms with Crippen LogP contribution in [0.3, 0.4) is 0 Å². The summed E-state index contributed by atoms with van der Waals surface area (Å²) in [6, 6.07) is 22.8. The van der Waals surface area contributed by atoms with Crippen molar-refractivity contribution in [2.45, 2.75) is 12.8 Å². The summed E-state index contributed by atoms with van der Waals surface area (Å²) in [6.07, 6.45) is 1.52. The second-order valence-corrected chi connectivity index (χ2v) is 5.97. The third kappa shape index (κ3) is 4.42. The number of anilines is 1. The molecule has 0 aliphatic rings. The van der Waals surface area contributed by atoms with Crippen molar-refractivity contribution in [3.8, 4) is 11.5 Å². The van der Waals surface area contributed by atoms with Gasteiger partial charge in [-0.05, 0) is 66.4 Å². The van der Waals surface area contributed by atoms with Gasteiger partial charge in [0.15, 0.2) is 0 Å². The quantitative estimate of drug-likeness (QED) is 0.521. The van der Waals surface area contributed by atoms with E-state index in [9.17, 15) is 4.79 Å². The van der Waals surface area contributed by atoms with E-state index in [-0.39, 0.29) is 5.97 Å². The first-order valence-electron chi connectivity index (χ1n) is 8.44. The van der Waals surface area contributed by atoms with Crippen LogP contribution in [0.2, 0.25) is 0 Å². The first-order chi connectivity index (χ1) is 12.7. The predicted molar refractivity (Wildman–Crippen MR) is 103 cm³/mol. The Kier molecular flexibility index (Phi) is 5.54. The Labute approximate surface area is 153 Å². The Morgan fingerprint density at radius 2 is 1.69 bits per heavy atom. The second kappa shape index (κ2) is 8.21. The van der Waals surface area contributed by atoms with Crippen LogP contribution in [-0.4, -0.2) is 13.1 Å². The molecular formula is C22H21NO3. The molecular weight excluding hydrogens is 326 g/mol. The number of nitrogens with two attached hydrogens (primary N) is 1. The number of hydrogen-bond donors (Lipinski definition) is 1. The Morgan fingerprint density at radius 3 is 2.46 bits per heavy atom. The van der Waals surface area contributed by atoms with Crippen molar-refractivity contribution < 1.29 is 14.3 Å². The summed E-state index contributed by atoms with van der Waals surface area (Å²) in [5.74, 6) is 1.21. The molecule has 0 unspecified atom stereocenters. The summed E-state index contributed by atoms with van der Waals surface area (Å²) in [4.78, 5) is 11.7. The molecule has 0 aliphatic carbocycles. The van der Waals surface area contributed by atoms with Gasteiger partial charge >= 0.3 is 5.97 Å². The molecule has 26 heavy (non-hydrogen) atoms. The van der Waals surface area contributed by atoms with Gasteiger partial charge in [-0.15, -0.1) is 0 Å². The molecule has 3 aromatic rings. The topological polar surface area (TPSA) is 61.5 Å². The largest absolute Gasteiger partial charge is 0.465 e. The SMILES string of the molecule is COC(=O)c1cccc(CCc2cc(Oc3ccccc3)ccc2N)c1. The molecule has 0 radical (unpaired) electrons. The van der Waals surface area contributed by atoms with Crippen molar-refractivity contribution in [2.75, 3.05) is 12.8 Å². The summed E-state index contributed by atoms with van der Waals surface area (Å²) < 4.78 is 10.6. The standard InChI is InChI=1S/C22H21NO3/c1-25-22(24)18-7-5-6-16(14-18)10-11-17-15-20(12-13-21(17)23)26-19-8-3-2-4-9-19/h2-9,12-15H,10-11,23H2,1H3. The van der Waals surface area contributed by atoms with Gasteiger partial charge in [0.05, 0.1) is 12.7 Å². The number of ether oxygens (including phenoxy) is 2. The number of esters is 1. The Hall–Kier alpha value is -3.27. The average molecular weight is 347 g/mol. The van der Waals surface area contributed by atoms with Crippen LogP contribution in [0.1, 0.15) is 21.5 Å². The molecule has 0 amide bonds. The number of hydrogen-bond acceptors (Lipinski definition) is 4. The van der Waals surface area contributed by atoms with Gasteiger partial charge in [0.25, 0.3) is 0 Å². The number of carbonyl (C=O) groups excluding carboxylic acids is 1. The van der Waals surface area contributed by atoms with Crippen LogP contribution in [0.4, 0.5) is 5.69 Å². The molecule has 0 spiro atoms. The predicted octanol–water partition coefficient (Wildman–Crippen LogP) is 4.63. The van der Waals surface area contributed by atoms with E-state index < -0.39 is 0 Å². The number of rotatable bonds is 6. The lowest BCUT2D eigenvalue weighted by molar-refractivity contribution is 0.0600. The fourth-order valence-electron chi connectivity index (χ4n) is 2.74. The van der Waals surface area contributed by atoms with Gasteiger partial charge < -0.3 is 15.2 Å². The molecule has 0 saturated carbocycles. The summed E-state index contributed by atoms with van der Waals surface area (Å²) in [5, 5.41) is 0. The molecule has 3 rings (SSSR count). The van der Waals surface area contributed by atoms with Gasteiger partial charge in [-0.3, -0.25) is 0 Å². The lowest BCUT2D eigenvalue weighted by Gasteiger charge is -2.11. The molecule has 0 saturated heterocycles. The lowest BCUT2D eigenvalue weighted by atomic mass is 10.0. The van der Waals surface area contributed by atoms with Crippen molar-refractivity contribution in [1.29, 1.82) is 0 Å². The fourth-order valence-corrected chi connectivity index (χ4v) is 2.74. The molecule has 0 aliphatic heterocycles. The van der Waals surface area contributed by atoms with E-state index in [1.807, 2.05) is 66.7 Å². The minimum absolute atomic E-state index is 0.329. The van der Waals surface area contributed by atoms with Crippen molar-refractivity contribution in [3.63, 3.8) is 0 Å². The second-order valence-electron chi connectivity index (χ2n) is 5.97. The monoisotopic (exact) mass is 347 g/mol. The van der Waals surface area contributed by atoms with Crippen molar-refractivity contribution in [3.05, 3.63) is 89.5 Å². The molecule has 3 aromatic carbocycles. The fraction of sp³-hybridized carbons (Fsp3) is 0.136. The first kappa shape index (κ1) is 17.5. The third-order valence-electron chi connectivity index (χ3n) is 4.12. The van der Waals surface area contributed by atoms with E-state index in [1.54, 1.807) is 6.07 Å². The number of aryl methyl sites for hydroxylation is 2. The highest BCUT2D eigenvalue weighted by molar-refractivity contribution is 5.89. The van der Waals surface area contributed by atoms with E-state index in [1.165, 1.54) is 7.11 Å². The zero-order chi connectivity index (χ0) is 18.4. The minimum Gasteiger partial charge on any atom is -0.465 e. The maximum Gasteiger partial charge on any atom is 0.337 e. The number of methoxy groups -OCH3 is 1. The summed E-state index contributed by atoms with van der Waals surface area (Å²) in [6.45, 7) is 0. The van der Waals surface area contributed by atoms with Gasteiger partial charge in [0.1, 0.15) is 11.5 Å². The molecule has 0 aromatic heterocycles. The normalized spacial score (nSPS) is 10.3. The van der Waals surface area contributed by atoms with Crippen LogP contribution in [-0.2, 0) is 17.6 Å². The molecule has 0 atom stereocenters. The maximum absolute atomic E-state index is 11.7. The van der Waals surface area contributed by atoms with Gasteiger partial charge in [-0.2, -0.15) is 0 Å². The molecule has 0 bridgehead atoms. The van der Waals surface area contributed by atoms with E-state index in [0.29, 0.717) is 5.56 Å². The van der Waals surface area contributed by atoms with Gasteiger partial charge in [-0.25, -0.2) is 4.79 Å². The lowest BCUT2D eigenvalue weighted by Crippen LogP contribution is -2.03. The van der Waals surface area contributed by atoms with E-state index >= 15 is 0 Å². The smallest absolute Gasteiger partial charge is 0.337 e. The van der Waals surface area contributed by atoms with E-state index in [0.717, 1.165) is 41.2 Å². The molecule has 0 heterocycles. The number of benzene rings is 3. The highest BCUT2D eigenvalue weighted by Gasteiger charge is 2.08. The molecule has 2 N–H and O–H groups in total. The van der Waals surface area contributed by atoms with E-state index in [2.05, 4.69) is 0 Å². The van der Waals surface area contributed by atoms with Crippen LogP contribution < -0.4 is 10.5 Å². The molecule has 132 valence electrons. The molecule has 0 fully saturated rings. The summed E-state index contributed by atoms with van der Waals surface area (Å²) in [5.41, 5.74) is 9.48. The van der Waals surface area contributed by atoms with Crippen LogP contribution in [0.5, 0.6) is 11.5 Å². The Bertz CT molecular complexity index is 891. The van der Waals surface area contributed by atoms with Crippen LogP contribution in [0.15, 0.2) is 72.8 Å². The minimum atomic E-state index is -0.329. The van der Waals surface area contributed by atoms with Gasteiger partial charge in [-0.1, -0.05) is 30.3 Å². The third-order valence-corrected chi connectivity index (χ3v) is 4.12.